The van der Waals surface area contributed by atoms with E-state index in [-0.39, 0.29) is 6.10 Å². The van der Waals surface area contributed by atoms with Crippen molar-refractivity contribution in [2.75, 3.05) is 37.1 Å². The average molecular weight is 342 g/mol. The molecule has 1 aromatic carbocycles. The van der Waals surface area contributed by atoms with E-state index in [1.54, 1.807) is 0 Å². The third-order valence-electron chi connectivity index (χ3n) is 3.31. The molecule has 4 heteroatoms. The molecule has 1 aromatic rings. The highest BCUT2D eigenvalue weighted by molar-refractivity contribution is 7.99. The summed E-state index contributed by atoms with van der Waals surface area (Å²) in [5.74, 6) is 3.11. The van der Waals surface area contributed by atoms with E-state index >= 15 is 0 Å². The molecule has 0 N–H and O–H groups in total. The fourth-order valence-electron chi connectivity index (χ4n) is 2.04. The predicted molar refractivity (Wildman–Crippen MR) is 101 cm³/mol. The number of aryl methyl sites for hydroxylation is 1. The molecule has 0 aliphatic heterocycles. The topological polar surface area (TPSA) is 18.5 Å². The van der Waals surface area contributed by atoms with E-state index in [1.165, 1.54) is 11.3 Å². The van der Waals surface area contributed by atoms with Gasteiger partial charge in [0.15, 0.2) is 0 Å². The maximum Gasteiger partial charge on any atom is 0.0597 e. The highest BCUT2D eigenvalue weighted by Crippen LogP contribution is 2.10. The number of thioether (sulfide) groups is 1. The third kappa shape index (κ3) is 10.5. The summed E-state index contributed by atoms with van der Waals surface area (Å²) in [6.07, 6.45) is 4.22. The van der Waals surface area contributed by atoms with Gasteiger partial charge in [0.05, 0.1) is 12.7 Å². The first kappa shape index (κ1) is 19.9. The van der Waals surface area contributed by atoms with Crippen molar-refractivity contribution in [1.29, 1.82) is 0 Å². The van der Waals surface area contributed by atoms with Crippen LogP contribution in [0.3, 0.4) is 0 Å². The van der Waals surface area contributed by atoms with Crippen LogP contribution in [0.5, 0.6) is 0 Å². The first-order valence-electron chi connectivity index (χ1n) is 8.08. The molecule has 0 aliphatic carbocycles. The van der Waals surface area contributed by atoms with Crippen molar-refractivity contribution >= 4 is 24.4 Å². The Balaban J connectivity index is 1.93. The number of rotatable bonds is 14. The Kier molecular flexibility index (Phi) is 13.0. The van der Waals surface area contributed by atoms with Gasteiger partial charge < -0.3 is 9.47 Å². The van der Waals surface area contributed by atoms with Gasteiger partial charge in [0.25, 0.3) is 0 Å². The standard InChI is InChI=1S/C18H29O2S2/c1-2-18(9-12-19-13-14-21)20-11-6-15-22-16-10-17-7-4-3-5-8-17/h3-5,7-8,18,21H,1-2,6,9-16H2. The average Bonchev–Trinajstić information content (AvgIpc) is 2.56. The van der Waals surface area contributed by atoms with E-state index in [0.717, 1.165) is 50.4 Å². The van der Waals surface area contributed by atoms with Crippen molar-refractivity contribution in [2.24, 2.45) is 0 Å². The van der Waals surface area contributed by atoms with E-state index in [0.29, 0.717) is 6.61 Å². The lowest BCUT2D eigenvalue weighted by molar-refractivity contribution is 0.0256. The Morgan fingerprint density at radius 3 is 2.64 bits per heavy atom. The van der Waals surface area contributed by atoms with Crippen molar-refractivity contribution in [3.05, 3.63) is 42.8 Å². The maximum absolute atomic E-state index is 5.86. The zero-order chi connectivity index (χ0) is 15.9. The van der Waals surface area contributed by atoms with Crippen LogP contribution in [0, 0.1) is 6.92 Å². The molecule has 0 heterocycles. The number of thiol groups is 1. The van der Waals surface area contributed by atoms with Crippen molar-refractivity contribution < 1.29 is 9.47 Å². The van der Waals surface area contributed by atoms with E-state index in [1.807, 2.05) is 11.8 Å². The summed E-state index contributed by atoms with van der Waals surface area (Å²) in [5, 5.41) is 0. The minimum atomic E-state index is 0.231. The molecular formula is C18H29O2S2. The van der Waals surface area contributed by atoms with Gasteiger partial charge in [-0.3, -0.25) is 0 Å². The minimum Gasteiger partial charge on any atom is -0.381 e. The fraction of sp³-hybridized carbons (Fsp3) is 0.611. The molecule has 0 saturated carbocycles. The Bertz CT molecular complexity index is 346. The van der Waals surface area contributed by atoms with Crippen molar-refractivity contribution in [2.45, 2.75) is 31.8 Å². The smallest absolute Gasteiger partial charge is 0.0597 e. The molecule has 1 rings (SSSR count). The van der Waals surface area contributed by atoms with Crippen molar-refractivity contribution in [1.82, 2.24) is 0 Å². The van der Waals surface area contributed by atoms with Crippen LogP contribution in [0.2, 0.25) is 0 Å². The van der Waals surface area contributed by atoms with Gasteiger partial charge in [0.1, 0.15) is 0 Å². The van der Waals surface area contributed by atoms with Crippen molar-refractivity contribution in [3.63, 3.8) is 0 Å². The van der Waals surface area contributed by atoms with Gasteiger partial charge in [-0.15, -0.1) is 0 Å². The molecule has 0 saturated heterocycles. The first-order valence-corrected chi connectivity index (χ1v) is 9.86. The van der Waals surface area contributed by atoms with Crippen molar-refractivity contribution in [3.8, 4) is 0 Å². The highest BCUT2D eigenvalue weighted by atomic mass is 32.2. The second-order valence-electron chi connectivity index (χ2n) is 5.11. The number of hydrogen-bond donors (Lipinski definition) is 1. The largest absolute Gasteiger partial charge is 0.381 e. The van der Waals surface area contributed by atoms with Gasteiger partial charge in [-0.25, -0.2) is 0 Å². The number of hydrogen-bond acceptors (Lipinski definition) is 4. The Morgan fingerprint density at radius 2 is 1.91 bits per heavy atom. The first-order chi connectivity index (χ1) is 10.9. The van der Waals surface area contributed by atoms with E-state index in [2.05, 4.69) is 49.9 Å². The van der Waals surface area contributed by atoms with Crippen LogP contribution >= 0.6 is 24.4 Å². The van der Waals surface area contributed by atoms with Gasteiger partial charge in [-0.1, -0.05) is 37.3 Å². The second kappa shape index (κ2) is 14.4. The van der Waals surface area contributed by atoms with E-state index in [4.69, 9.17) is 9.47 Å². The summed E-state index contributed by atoms with van der Waals surface area (Å²) in [7, 11) is 0. The summed E-state index contributed by atoms with van der Waals surface area (Å²) in [6.45, 7) is 6.23. The van der Waals surface area contributed by atoms with Crippen LogP contribution in [0.25, 0.3) is 0 Å². The van der Waals surface area contributed by atoms with Gasteiger partial charge in [-0.2, -0.15) is 24.4 Å². The Labute approximate surface area is 145 Å². The summed E-state index contributed by atoms with van der Waals surface area (Å²) in [4.78, 5) is 0. The summed E-state index contributed by atoms with van der Waals surface area (Å²) >= 11 is 6.12. The molecule has 2 nitrogen and oxygen atoms in total. The minimum absolute atomic E-state index is 0.231. The molecule has 0 aliphatic rings. The van der Waals surface area contributed by atoms with Crippen LogP contribution in [-0.2, 0) is 15.9 Å². The number of benzene rings is 1. The van der Waals surface area contributed by atoms with Crippen LogP contribution in [0.1, 0.15) is 24.8 Å². The van der Waals surface area contributed by atoms with Gasteiger partial charge in [-0.05, 0) is 42.8 Å². The molecule has 1 radical (unpaired) electrons. The maximum atomic E-state index is 5.86. The van der Waals surface area contributed by atoms with Gasteiger partial charge in [0, 0.05) is 19.0 Å². The lowest BCUT2D eigenvalue weighted by Crippen LogP contribution is -2.16. The van der Waals surface area contributed by atoms with Crippen LogP contribution < -0.4 is 0 Å². The predicted octanol–water partition coefficient (Wildman–Crippen LogP) is 4.30. The van der Waals surface area contributed by atoms with Gasteiger partial charge >= 0.3 is 0 Å². The van der Waals surface area contributed by atoms with Gasteiger partial charge in [0.2, 0.25) is 0 Å². The molecule has 22 heavy (non-hydrogen) atoms. The summed E-state index contributed by atoms with van der Waals surface area (Å²) in [6, 6.07) is 10.7. The van der Waals surface area contributed by atoms with Crippen LogP contribution in [0.4, 0.5) is 0 Å². The van der Waals surface area contributed by atoms with Crippen LogP contribution in [-0.4, -0.2) is 43.2 Å². The van der Waals surface area contributed by atoms with Crippen LogP contribution in [0.15, 0.2) is 30.3 Å². The molecule has 0 amide bonds. The lowest BCUT2D eigenvalue weighted by atomic mass is 10.2. The molecule has 0 fully saturated rings. The molecule has 1 atom stereocenters. The molecular weight excluding hydrogens is 312 g/mol. The highest BCUT2D eigenvalue weighted by Gasteiger charge is 2.06. The Morgan fingerprint density at radius 1 is 1.09 bits per heavy atom. The zero-order valence-electron chi connectivity index (χ0n) is 13.4. The second-order valence-corrected chi connectivity index (χ2v) is 6.78. The lowest BCUT2D eigenvalue weighted by Gasteiger charge is -2.16. The zero-order valence-corrected chi connectivity index (χ0v) is 15.1. The molecule has 125 valence electrons. The quantitative estimate of drug-likeness (QED) is 0.402. The van der Waals surface area contributed by atoms with E-state index in [9.17, 15) is 0 Å². The monoisotopic (exact) mass is 341 g/mol. The molecule has 1 unspecified atom stereocenters. The normalized spacial score (nSPS) is 12.5. The Hall–Kier alpha value is -0.160. The fourth-order valence-corrected chi connectivity index (χ4v) is 3.08. The summed E-state index contributed by atoms with van der Waals surface area (Å²) in [5.41, 5.74) is 1.42. The number of ether oxygens (including phenoxy) is 2. The SMILES string of the molecule is [CH2]CC(CCOCCS)OCCCSCCc1ccccc1. The summed E-state index contributed by atoms with van der Waals surface area (Å²) < 4.78 is 11.3. The molecule has 0 bridgehead atoms. The van der Waals surface area contributed by atoms with E-state index < -0.39 is 0 Å². The molecule has 0 aromatic heterocycles. The third-order valence-corrected chi connectivity index (χ3v) is 4.56. The molecule has 0 spiro atoms.